The second-order valence-corrected chi connectivity index (χ2v) is 8.80. The smallest absolute Gasteiger partial charge is 0.258 e. The molecule has 0 bridgehead atoms. The summed E-state index contributed by atoms with van der Waals surface area (Å²) in [5.41, 5.74) is 3.52. The fourth-order valence-corrected chi connectivity index (χ4v) is 4.75. The van der Waals surface area contributed by atoms with E-state index < -0.39 is 11.7 Å². The van der Waals surface area contributed by atoms with E-state index in [1.165, 1.54) is 17.7 Å². The van der Waals surface area contributed by atoms with Crippen LogP contribution >= 0.6 is 11.8 Å². The first kappa shape index (κ1) is 21.1. The van der Waals surface area contributed by atoms with Crippen molar-refractivity contribution >= 4 is 35.0 Å². The van der Waals surface area contributed by atoms with Crippen molar-refractivity contribution in [1.82, 2.24) is 0 Å². The zero-order valence-electron chi connectivity index (χ0n) is 17.3. The Morgan fingerprint density at radius 1 is 1.06 bits per heavy atom. The van der Waals surface area contributed by atoms with Crippen molar-refractivity contribution in [2.75, 3.05) is 16.0 Å². The highest BCUT2D eigenvalue weighted by atomic mass is 32.2. The number of rotatable bonds is 5. The van der Waals surface area contributed by atoms with Gasteiger partial charge >= 0.3 is 0 Å². The summed E-state index contributed by atoms with van der Waals surface area (Å²) in [5, 5.41) is 2.57. The minimum atomic E-state index is -0.566. The highest BCUT2D eigenvalue weighted by Crippen LogP contribution is 2.42. The Bertz CT molecular complexity index is 1110. The number of thioether (sulfide) groups is 1. The minimum Gasteiger partial charge on any atom is -0.322 e. The molecule has 0 radical (unpaired) electrons. The average Bonchev–Trinajstić information content (AvgIpc) is 3.15. The van der Waals surface area contributed by atoms with Crippen molar-refractivity contribution in [1.29, 1.82) is 0 Å². The van der Waals surface area contributed by atoms with Gasteiger partial charge in [-0.05, 0) is 53.4 Å². The van der Waals surface area contributed by atoms with Crippen molar-refractivity contribution in [3.8, 4) is 0 Å². The highest BCUT2D eigenvalue weighted by Gasteiger charge is 2.34. The van der Waals surface area contributed by atoms with E-state index >= 15 is 0 Å². The van der Waals surface area contributed by atoms with Crippen LogP contribution in [-0.2, 0) is 4.79 Å². The van der Waals surface area contributed by atoms with Crippen LogP contribution in [0.4, 0.5) is 15.8 Å². The fraction of sp³-hybridized carbons (Fsp3) is 0.200. The average molecular weight is 435 g/mol. The van der Waals surface area contributed by atoms with E-state index in [2.05, 4.69) is 31.3 Å². The summed E-state index contributed by atoms with van der Waals surface area (Å²) in [4.78, 5) is 26.9. The summed E-state index contributed by atoms with van der Waals surface area (Å²) in [6, 6.07) is 21.3. The Balaban J connectivity index is 1.58. The molecule has 3 aromatic rings. The number of nitrogens with one attached hydrogen (secondary N) is 1. The number of hydrogen-bond donors (Lipinski definition) is 1. The molecule has 1 fully saturated rings. The number of hydrogen-bond acceptors (Lipinski definition) is 3. The number of carbonyl (C=O) groups excluding carboxylic acids is 2. The summed E-state index contributed by atoms with van der Waals surface area (Å²) >= 11 is 1.55. The first-order valence-corrected chi connectivity index (χ1v) is 11.2. The SMILES string of the molecule is CC(C)c1ccc(N2C(=O)CS[C@H]2c2cccc(NC(=O)c3ccccc3F)c2)cc1. The summed E-state index contributed by atoms with van der Waals surface area (Å²) in [5.74, 6) is -0.213. The maximum absolute atomic E-state index is 13.9. The molecular formula is C25H23FN2O2S. The molecule has 0 aliphatic carbocycles. The van der Waals surface area contributed by atoms with Crippen LogP contribution in [0.15, 0.2) is 72.8 Å². The van der Waals surface area contributed by atoms with E-state index in [4.69, 9.17) is 0 Å². The molecule has 0 aromatic heterocycles. The molecule has 3 aromatic carbocycles. The van der Waals surface area contributed by atoms with Crippen molar-refractivity contribution in [2.45, 2.75) is 25.1 Å². The van der Waals surface area contributed by atoms with Crippen LogP contribution in [0.2, 0.25) is 0 Å². The van der Waals surface area contributed by atoms with E-state index in [-0.39, 0.29) is 16.8 Å². The fourth-order valence-electron chi connectivity index (χ4n) is 3.58. The van der Waals surface area contributed by atoms with E-state index in [1.807, 2.05) is 30.3 Å². The van der Waals surface area contributed by atoms with Gasteiger partial charge in [-0.3, -0.25) is 14.5 Å². The molecule has 6 heteroatoms. The van der Waals surface area contributed by atoms with E-state index in [9.17, 15) is 14.0 Å². The Kier molecular flexibility index (Phi) is 6.09. The first-order chi connectivity index (χ1) is 14.9. The molecule has 1 atom stereocenters. The number of anilines is 2. The highest BCUT2D eigenvalue weighted by molar-refractivity contribution is 8.00. The Labute approximate surface area is 185 Å². The van der Waals surface area contributed by atoms with Gasteiger partial charge in [-0.2, -0.15) is 0 Å². The van der Waals surface area contributed by atoms with E-state index in [0.29, 0.717) is 17.4 Å². The zero-order chi connectivity index (χ0) is 22.0. The number of amides is 2. The maximum atomic E-state index is 13.9. The monoisotopic (exact) mass is 434 g/mol. The Morgan fingerprint density at radius 3 is 2.52 bits per heavy atom. The molecule has 0 spiro atoms. The second kappa shape index (κ2) is 8.94. The van der Waals surface area contributed by atoms with Crippen molar-refractivity contribution in [3.05, 3.63) is 95.3 Å². The molecule has 1 aliphatic rings. The number of benzene rings is 3. The van der Waals surface area contributed by atoms with Crippen LogP contribution < -0.4 is 10.2 Å². The van der Waals surface area contributed by atoms with Crippen LogP contribution in [0.3, 0.4) is 0 Å². The molecular weight excluding hydrogens is 411 g/mol. The lowest BCUT2D eigenvalue weighted by molar-refractivity contribution is -0.115. The van der Waals surface area contributed by atoms with Crippen molar-refractivity contribution in [2.24, 2.45) is 0 Å². The molecule has 1 aliphatic heterocycles. The first-order valence-electron chi connectivity index (χ1n) is 10.1. The van der Waals surface area contributed by atoms with Crippen LogP contribution in [-0.4, -0.2) is 17.6 Å². The van der Waals surface area contributed by atoms with Gasteiger partial charge in [-0.25, -0.2) is 4.39 Å². The van der Waals surface area contributed by atoms with Gasteiger partial charge in [0.15, 0.2) is 0 Å². The standard InChI is InChI=1S/C25H23FN2O2S/c1-16(2)17-10-12-20(13-11-17)28-23(29)15-31-25(28)18-6-5-7-19(14-18)27-24(30)21-8-3-4-9-22(21)26/h3-14,16,25H,15H2,1-2H3,(H,27,30)/t25-/m0/s1. The van der Waals surface area contributed by atoms with Crippen molar-refractivity contribution in [3.63, 3.8) is 0 Å². The van der Waals surface area contributed by atoms with Gasteiger partial charge in [-0.1, -0.05) is 50.2 Å². The number of nitrogens with zero attached hydrogens (tertiary/aromatic N) is 1. The molecule has 0 unspecified atom stereocenters. The number of carbonyl (C=O) groups is 2. The van der Waals surface area contributed by atoms with Gasteiger partial charge in [-0.15, -0.1) is 11.8 Å². The zero-order valence-corrected chi connectivity index (χ0v) is 18.2. The predicted octanol–water partition coefficient (Wildman–Crippen LogP) is 5.98. The largest absolute Gasteiger partial charge is 0.322 e. The van der Waals surface area contributed by atoms with E-state index in [1.54, 1.807) is 34.9 Å². The molecule has 4 nitrogen and oxygen atoms in total. The summed E-state index contributed by atoms with van der Waals surface area (Å²) in [7, 11) is 0. The topological polar surface area (TPSA) is 49.4 Å². The molecule has 1 heterocycles. The van der Waals surface area contributed by atoms with Crippen LogP contribution in [0, 0.1) is 5.82 Å². The molecule has 158 valence electrons. The molecule has 0 saturated carbocycles. The maximum Gasteiger partial charge on any atom is 0.258 e. The third-order valence-electron chi connectivity index (χ3n) is 5.25. The van der Waals surface area contributed by atoms with Gasteiger partial charge < -0.3 is 5.32 Å². The molecule has 4 rings (SSSR count). The van der Waals surface area contributed by atoms with Gasteiger partial charge in [0.05, 0.1) is 11.3 Å². The van der Waals surface area contributed by atoms with E-state index in [0.717, 1.165) is 11.3 Å². The van der Waals surface area contributed by atoms with Gasteiger partial charge in [0.1, 0.15) is 11.2 Å². The summed E-state index contributed by atoms with van der Waals surface area (Å²) in [6.07, 6.45) is 0. The molecule has 31 heavy (non-hydrogen) atoms. The summed E-state index contributed by atoms with van der Waals surface area (Å²) in [6.45, 7) is 4.27. The quantitative estimate of drug-likeness (QED) is 0.537. The van der Waals surface area contributed by atoms with Crippen LogP contribution in [0.1, 0.15) is 46.6 Å². The lowest BCUT2D eigenvalue weighted by atomic mass is 10.0. The minimum absolute atomic E-state index is 0.00908. The normalized spacial score (nSPS) is 16.1. The molecule has 2 amide bonds. The molecule has 1 N–H and O–H groups in total. The van der Waals surface area contributed by atoms with Gasteiger partial charge in [0.25, 0.3) is 5.91 Å². The van der Waals surface area contributed by atoms with Crippen LogP contribution in [0.5, 0.6) is 0 Å². The number of halogens is 1. The predicted molar refractivity (Wildman–Crippen MR) is 124 cm³/mol. The third-order valence-corrected chi connectivity index (χ3v) is 6.47. The Hall–Kier alpha value is -3.12. The lowest BCUT2D eigenvalue weighted by Gasteiger charge is -2.25. The second-order valence-electron chi connectivity index (χ2n) is 7.73. The van der Waals surface area contributed by atoms with Crippen LogP contribution in [0.25, 0.3) is 0 Å². The molecule has 1 saturated heterocycles. The lowest BCUT2D eigenvalue weighted by Crippen LogP contribution is -2.27. The van der Waals surface area contributed by atoms with Crippen molar-refractivity contribution < 1.29 is 14.0 Å². The Morgan fingerprint density at radius 2 is 1.81 bits per heavy atom. The summed E-state index contributed by atoms with van der Waals surface area (Å²) < 4.78 is 13.9. The van der Waals surface area contributed by atoms with Gasteiger partial charge in [0.2, 0.25) is 5.91 Å². The van der Waals surface area contributed by atoms with Gasteiger partial charge in [0, 0.05) is 11.4 Å². The third kappa shape index (κ3) is 4.49.